The van der Waals surface area contributed by atoms with Crippen LogP contribution in [0.5, 0.6) is 0 Å². The molecule has 0 unspecified atom stereocenters. The van der Waals surface area contributed by atoms with Crippen molar-refractivity contribution < 1.29 is 4.92 Å². The van der Waals surface area contributed by atoms with Gasteiger partial charge in [0, 0.05) is 16.2 Å². The maximum Gasteiger partial charge on any atom is 0.276 e. The van der Waals surface area contributed by atoms with Gasteiger partial charge in [-0.15, -0.1) is 0 Å². The second-order valence-corrected chi connectivity index (χ2v) is 6.58. The number of nitrogens with zero attached hydrogens (tertiary/aromatic N) is 3. The van der Waals surface area contributed by atoms with Gasteiger partial charge in [0.05, 0.1) is 21.4 Å². The fraction of sp³-hybridized carbons (Fsp3) is 0.111. The molecule has 7 heteroatoms. The lowest BCUT2D eigenvalue weighted by Gasteiger charge is -2.09. The maximum absolute atomic E-state index is 12.7. The fourth-order valence-corrected chi connectivity index (χ4v) is 3.09. The summed E-state index contributed by atoms with van der Waals surface area (Å²) in [7, 11) is 0. The van der Waals surface area contributed by atoms with E-state index in [4.69, 9.17) is 0 Å². The van der Waals surface area contributed by atoms with Gasteiger partial charge < -0.3 is 0 Å². The minimum absolute atomic E-state index is 0.0134. The molecular formula is C18H14IN3O3. The van der Waals surface area contributed by atoms with Crippen molar-refractivity contribution in [3.63, 3.8) is 0 Å². The van der Waals surface area contributed by atoms with Crippen molar-refractivity contribution in [2.45, 2.75) is 13.5 Å². The van der Waals surface area contributed by atoms with Crippen LogP contribution in [0.1, 0.15) is 18.3 Å². The van der Waals surface area contributed by atoms with Crippen molar-refractivity contribution in [3.8, 4) is 0 Å². The summed E-state index contributed by atoms with van der Waals surface area (Å²) in [5, 5.41) is 11.7. The van der Waals surface area contributed by atoms with E-state index >= 15 is 0 Å². The lowest BCUT2D eigenvalue weighted by Crippen LogP contribution is -2.23. The summed E-state index contributed by atoms with van der Waals surface area (Å²) in [6.45, 7) is 2.33. The molecular weight excluding hydrogens is 433 g/mol. The van der Waals surface area contributed by atoms with E-state index in [9.17, 15) is 14.9 Å². The molecule has 0 atom stereocenters. The molecule has 3 aromatic rings. The summed E-state index contributed by atoms with van der Waals surface area (Å²) in [4.78, 5) is 27.9. The van der Waals surface area contributed by atoms with Gasteiger partial charge in [-0.1, -0.05) is 12.1 Å². The highest BCUT2D eigenvalue weighted by atomic mass is 127. The first-order valence-corrected chi connectivity index (χ1v) is 8.70. The molecule has 0 spiro atoms. The van der Waals surface area contributed by atoms with Crippen LogP contribution in [-0.2, 0) is 6.54 Å². The van der Waals surface area contributed by atoms with E-state index in [2.05, 4.69) is 27.6 Å². The molecule has 0 saturated heterocycles. The first-order valence-electron chi connectivity index (χ1n) is 7.63. The molecule has 3 rings (SSSR count). The number of hydrogen-bond acceptors (Lipinski definition) is 4. The number of nitro benzene ring substituents is 1. The average molecular weight is 447 g/mol. The van der Waals surface area contributed by atoms with E-state index in [0.717, 1.165) is 3.57 Å². The molecule has 1 heterocycles. The van der Waals surface area contributed by atoms with Crippen LogP contribution in [0.25, 0.3) is 23.1 Å². The molecule has 1 aromatic heterocycles. The van der Waals surface area contributed by atoms with Crippen LogP contribution < -0.4 is 5.56 Å². The zero-order valence-electron chi connectivity index (χ0n) is 13.3. The predicted molar refractivity (Wildman–Crippen MR) is 106 cm³/mol. The van der Waals surface area contributed by atoms with Crippen molar-refractivity contribution in [1.29, 1.82) is 0 Å². The average Bonchev–Trinajstić information content (AvgIpc) is 2.61. The molecule has 25 heavy (non-hydrogen) atoms. The Kier molecular flexibility index (Phi) is 4.93. The van der Waals surface area contributed by atoms with Gasteiger partial charge in [0.2, 0.25) is 0 Å². The molecule has 0 aliphatic heterocycles. The molecule has 2 aromatic carbocycles. The van der Waals surface area contributed by atoms with Crippen LogP contribution in [0.2, 0.25) is 0 Å². The molecule has 126 valence electrons. The minimum atomic E-state index is -0.428. The lowest BCUT2D eigenvalue weighted by atomic mass is 10.1. The van der Waals surface area contributed by atoms with Crippen LogP contribution in [-0.4, -0.2) is 14.5 Å². The first kappa shape index (κ1) is 17.3. The number of halogens is 1. The predicted octanol–water partition coefficient (Wildman–Crippen LogP) is 4.10. The number of nitro groups is 1. The molecule has 0 aliphatic carbocycles. The van der Waals surface area contributed by atoms with E-state index in [0.29, 0.717) is 28.8 Å². The molecule has 6 nitrogen and oxygen atoms in total. The number of aromatic nitrogens is 2. The standard InChI is InChI=1S/C18H14IN3O3/c1-2-21-17(10-7-12-5-3-4-6-16(12)22(24)25)20-15-9-8-13(19)11-14(15)18(21)23/h3-11H,2H2,1H3/b10-7+. The second-order valence-electron chi connectivity index (χ2n) is 5.33. The highest BCUT2D eigenvalue weighted by molar-refractivity contribution is 14.1. The summed E-state index contributed by atoms with van der Waals surface area (Å²) < 4.78 is 2.53. The third-order valence-corrected chi connectivity index (χ3v) is 4.48. The quantitative estimate of drug-likeness (QED) is 0.343. The largest absolute Gasteiger partial charge is 0.293 e. The third kappa shape index (κ3) is 3.46. The van der Waals surface area contributed by atoms with Crippen LogP contribution in [0.3, 0.4) is 0 Å². The molecule has 0 amide bonds. The van der Waals surface area contributed by atoms with Crippen LogP contribution in [0, 0.1) is 13.7 Å². The van der Waals surface area contributed by atoms with Gasteiger partial charge in [-0.2, -0.15) is 0 Å². The van der Waals surface area contributed by atoms with Gasteiger partial charge in [0.1, 0.15) is 5.82 Å². The highest BCUT2D eigenvalue weighted by Crippen LogP contribution is 2.20. The normalized spacial score (nSPS) is 11.3. The number of benzene rings is 2. The van der Waals surface area contributed by atoms with Crippen LogP contribution in [0.4, 0.5) is 5.69 Å². The molecule has 0 N–H and O–H groups in total. The van der Waals surface area contributed by atoms with E-state index in [1.807, 2.05) is 19.1 Å². The Bertz CT molecular complexity index is 1060. The van der Waals surface area contributed by atoms with Crippen molar-refractivity contribution >= 4 is 51.3 Å². The van der Waals surface area contributed by atoms with Gasteiger partial charge in [0.25, 0.3) is 11.2 Å². The summed E-state index contributed by atoms with van der Waals surface area (Å²) >= 11 is 2.16. The lowest BCUT2D eigenvalue weighted by molar-refractivity contribution is -0.385. The number of hydrogen-bond donors (Lipinski definition) is 0. The Labute approximate surface area is 157 Å². The minimum Gasteiger partial charge on any atom is -0.293 e. The highest BCUT2D eigenvalue weighted by Gasteiger charge is 2.11. The van der Waals surface area contributed by atoms with E-state index < -0.39 is 4.92 Å². The van der Waals surface area contributed by atoms with Crippen molar-refractivity contribution in [1.82, 2.24) is 9.55 Å². The van der Waals surface area contributed by atoms with Crippen LogP contribution >= 0.6 is 22.6 Å². The SMILES string of the molecule is CCn1c(/C=C/c2ccccc2[N+](=O)[O-])nc2ccc(I)cc2c1=O. The first-order chi connectivity index (χ1) is 12.0. The van der Waals surface area contributed by atoms with Gasteiger partial charge >= 0.3 is 0 Å². The van der Waals surface area contributed by atoms with E-state index in [1.165, 1.54) is 6.07 Å². The summed E-state index contributed by atoms with van der Waals surface area (Å²) in [5.74, 6) is 0.472. The molecule has 0 fully saturated rings. The Morgan fingerprint density at radius 3 is 2.72 bits per heavy atom. The zero-order valence-corrected chi connectivity index (χ0v) is 15.5. The van der Waals surface area contributed by atoms with Crippen molar-refractivity contribution in [2.24, 2.45) is 0 Å². The Morgan fingerprint density at radius 1 is 1.24 bits per heavy atom. The van der Waals surface area contributed by atoms with Crippen LogP contribution in [0.15, 0.2) is 47.3 Å². The zero-order chi connectivity index (χ0) is 18.0. The topological polar surface area (TPSA) is 78.0 Å². The van der Waals surface area contributed by atoms with E-state index in [1.54, 1.807) is 41.0 Å². The third-order valence-electron chi connectivity index (χ3n) is 3.81. The van der Waals surface area contributed by atoms with E-state index in [-0.39, 0.29) is 11.2 Å². The van der Waals surface area contributed by atoms with Gasteiger partial charge in [-0.3, -0.25) is 19.5 Å². The molecule has 0 radical (unpaired) electrons. The molecule has 0 aliphatic rings. The molecule has 0 saturated carbocycles. The molecule has 0 bridgehead atoms. The summed E-state index contributed by atoms with van der Waals surface area (Å²) in [6, 6.07) is 12.0. The monoisotopic (exact) mass is 447 g/mol. The number of rotatable bonds is 4. The number of para-hydroxylation sites is 1. The summed E-state index contributed by atoms with van der Waals surface area (Å²) in [5.41, 5.74) is 0.970. The Hall–Kier alpha value is -2.55. The maximum atomic E-state index is 12.7. The Balaban J connectivity index is 2.15. The smallest absolute Gasteiger partial charge is 0.276 e. The van der Waals surface area contributed by atoms with Gasteiger partial charge in [-0.25, -0.2) is 4.98 Å². The van der Waals surface area contributed by atoms with Gasteiger partial charge in [-0.05, 0) is 65.9 Å². The second kappa shape index (κ2) is 7.14. The van der Waals surface area contributed by atoms with Crippen molar-refractivity contribution in [2.75, 3.05) is 0 Å². The summed E-state index contributed by atoms with van der Waals surface area (Å²) in [6.07, 6.45) is 3.26. The fourth-order valence-electron chi connectivity index (χ4n) is 2.60. The van der Waals surface area contributed by atoms with Crippen molar-refractivity contribution in [3.05, 3.63) is 77.9 Å². The Morgan fingerprint density at radius 2 is 2.00 bits per heavy atom. The van der Waals surface area contributed by atoms with Gasteiger partial charge in [0.15, 0.2) is 0 Å². The number of fused-ring (bicyclic) bond motifs is 1.